The predicted molar refractivity (Wildman–Crippen MR) is 86.9 cm³/mol. The van der Waals surface area contributed by atoms with Gasteiger partial charge in [-0.15, -0.1) is 0 Å². The molecule has 2 heterocycles. The second-order valence-corrected chi connectivity index (χ2v) is 5.43. The molecule has 0 unspecified atom stereocenters. The van der Waals surface area contributed by atoms with E-state index in [4.69, 9.17) is 10.2 Å². The van der Waals surface area contributed by atoms with Gasteiger partial charge in [0.05, 0.1) is 0 Å². The van der Waals surface area contributed by atoms with Crippen LogP contribution in [0.1, 0.15) is 35.9 Å². The first kappa shape index (κ1) is 14.1. The first-order chi connectivity index (χ1) is 10.6. The SMILES string of the molecule is CC(C)c1ccc(NC(=O)c2oc3cccnc3c2N)cc1. The van der Waals surface area contributed by atoms with Crippen LogP contribution in [0.2, 0.25) is 0 Å². The summed E-state index contributed by atoms with van der Waals surface area (Å²) in [7, 11) is 0. The third-order valence-corrected chi connectivity index (χ3v) is 3.52. The number of carbonyl (C=O) groups excluding carboxylic acids is 1. The smallest absolute Gasteiger partial charge is 0.293 e. The summed E-state index contributed by atoms with van der Waals surface area (Å²) in [6.07, 6.45) is 1.61. The van der Waals surface area contributed by atoms with Crippen molar-refractivity contribution in [3.05, 3.63) is 53.9 Å². The number of amides is 1. The van der Waals surface area contributed by atoms with Crippen LogP contribution in [0.4, 0.5) is 11.4 Å². The van der Waals surface area contributed by atoms with E-state index >= 15 is 0 Å². The van der Waals surface area contributed by atoms with Crippen LogP contribution in [0.5, 0.6) is 0 Å². The van der Waals surface area contributed by atoms with Crippen molar-refractivity contribution < 1.29 is 9.21 Å². The third-order valence-electron chi connectivity index (χ3n) is 3.52. The van der Waals surface area contributed by atoms with Gasteiger partial charge in [-0.3, -0.25) is 9.78 Å². The van der Waals surface area contributed by atoms with E-state index in [0.717, 1.165) is 0 Å². The van der Waals surface area contributed by atoms with E-state index < -0.39 is 0 Å². The Kier molecular flexibility index (Phi) is 3.55. The first-order valence-corrected chi connectivity index (χ1v) is 7.10. The summed E-state index contributed by atoms with van der Waals surface area (Å²) in [4.78, 5) is 16.4. The summed E-state index contributed by atoms with van der Waals surface area (Å²) in [5.41, 5.74) is 9.11. The van der Waals surface area contributed by atoms with Crippen molar-refractivity contribution in [2.75, 3.05) is 11.1 Å². The number of carbonyl (C=O) groups is 1. The van der Waals surface area contributed by atoms with Crippen molar-refractivity contribution in [3.8, 4) is 0 Å². The number of hydrogen-bond acceptors (Lipinski definition) is 4. The zero-order chi connectivity index (χ0) is 15.7. The van der Waals surface area contributed by atoms with Crippen molar-refractivity contribution in [1.82, 2.24) is 4.98 Å². The quantitative estimate of drug-likeness (QED) is 0.770. The fourth-order valence-corrected chi connectivity index (χ4v) is 2.26. The van der Waals surface area contributed by atoms with E-state index in [9.17, 15) is 4.79 Å². The summed E-state index contributed by atoms with van der Waals surface area (Å²) in [6, 6.07) is 11.2. The van der Waals surface area contributed by atoms with Crippen LogP contribution in [0.15, 0.2) is 47.0 Å². The van der Waals surface area contributed by atoms with E-state index in [1.807, 2.05) is 24.3 Å². The second kappa shape index (κ2) is 5.52. The molecule has 0 saturated heterocycles. The lowest BCUT2D eigenvalue weighted by Crippen LogP contribution is -2.12. The molecule has 22 heavy (non-hydrogen) atoms. The number of aromatic nitrogens is 1. The van der Waals surface area contributed by atoms with Crippen LogP contribution >= 0.6 is 0 Å². The zero-order valence-corrected chi connectivity index (χ0v) is 12.5. The van der Waals surface area contributed by atoms with Gasteiger partial charge in [-0.2, -0.15) is 0 Å². The number of nitrogens with zero attached hydrogens (tertiary/aromatic N) is 1. The molecule has 0 spiro atoms. The molecule has 5 heteroatoms. The molecule has 0 aliphatic rings. The highest BCUT2D eigenvalue weighted by Crippen LogP contribution is 2.27. The van der Waals surface area contributed by atoms with E-state index in [1.54, 1.807) is 18.3 Å². The van der Waals surface area contributed by atoms with Gasteiger partial charge in [0.1, 0.15) is 11.2 Å². The fourth-order valence-electron chi connectivity index (χ4n) is 2.26. The van der Waals surface area contributed by atoms with Crippen molar-refractivity contribution in [2.45, 2.75) is 19.8 Å². The number of nitrogen functional groups attached to an aromatic ring is 1. The minimum atomic E-state index is -0.382. The van der Waals surface area contributed by atoms with Crippen LogP contribution in [0.3, 0.4) is 0 Å². The summed E-state index contributed by atoms with van der Waals surface area (Å²) in [5.74, 6) is 0.149. The molecule has 0 aliphatic heterocycles. The standard InChI is InChI=1S/C17H17N3O2/c1-10(2)11-5-7-12(8-6-11)20-17(21)16-14(18)15-13(22-16)4-3-9-19-15/h3-10H,18H2,1-2H3,(H,20,21). The van der Waals surface area contributed by atoms with Gasteiger partial charge in [-0.25, -0.2) is 0 Å². The molecule has 1 amide bonds. The van der Waals surface area contributed by atoms with Crippen LogP contribution in [0.25, 0.3) is 11.1 Å². The van der Waals surface area contributed by atoms with Gasteiger partial charge >= 0.3 is 0 Å². The first-order valence-electron chi connectivity index (χ1n) is 7.10. The molecule has 0 radical (unpaired) electrons. The Balaban J connectivity index is 1.85. The number of anilines is 2. The molecule has 5 nitrogen and oxygen atoms in total. The molecule has 0 saturated carbocycles. The number of fused-ring (bicyclic) bond motifs is 1. The van der Waals surface area contributed by atoms with Crippen LogP contribution in [0, 0.1) is 0 Å². The van der Waals surface area contributed by atoms with Gasteiger partial charge in [0.15, 0.2) is 5.58 Å². The molecular formula is C17H17N3O2. The maximum Gasteiger partial charge on any atom is 0.293 e. The summed E-state index contributed by atoms with van der Waals surface area (Å²) >= 11 is 0. The van der Waals surface area contributed by atoms with Crippen LogP contribution in [-0.2, 0) is 0 Å². The highest BCUT2D eigenvalue weighted by Gasteiger charge is 2.19. The molecule has 3 N–H and O–H groups in total. The predicted octanol–water partition coefficient (Wildman–Crippen LogP) is 3.79. The molecule has 3 rings (SSSR count). The lowest BCUT2D eigenvalue weighted by molar-refractivity contribution is 0.1000. The average Bonchev–Trinajstić information content (AvgIpc) is 2.85. The minimum absolute atomic E-state index is 0.0848. The van der Waals surface area contributed by atoms with Crippen molar-refractivity contribution in [3.63, 3.8) is 0 Å². The lowest BCUT2D eigenvalue weighted by Gasteiger charge is -2.07. The number of benzene rings is 1. The average molecular weight is 295 g/mol. The van der Waals surface area contributed by atoms with Crippen molar-refractivity contribution in [2.24, 2.45) is 0 Å². The maximum atomic E-state index is 12.3. The third kappa shape index (κ3) is 2.53. The molecule has 0 bridgehead atoms. The Morgan fingerprint density at radius 3 is 2.59 bits per heavy atom. The molecule has 0 aliphatic carbocycles. The summed E-state index contributed by atoms with van der Waals surface area (Å²) in [6.45, 7) is 4.24. The Hall–Kier alpha value is -2.82. The molecule has 3 aromatic rings. The van der Waals surface area contributed by atoms with Crippen molar-refractivity contribution in [1.29, 1.82) is 0 Å². The van der Waals surface area contributed by atoms with Crippen LogP contribution in [-0.4, -0.2) is 10.9 Å². The molecule has 2 aromatic heterocycles. The normalized spacial score (nSPS) is 11.0. The highest BCUT2D eigenvalue weighted by molar-refractivity contribution is 6.10. The van der Waals surface area contributed by atoms with E-state index in [-0.39, 0.29) is 17.4 Å². The summed E-state index contributed by atoms with van der Waals surface area (Å²) < 4.78 is 5.50. The topological polar surface area (TPSA) is 81.2 Å². The van der Waals surface area contributed by atoms with Crippen LogP contribution < -0.4 is 11.1 Å². The number of furan rings is 1. The largest absolute Gasteiger partial charge is 0.447 e. The number of rotatable bonds is 3. The molecule has 0 atom stereocenters. The van der Waals surface area contributed by atoms with Gasteiger partial charge < -0.3 is 15.5 Å². The van der Waals surface area contributed by atoms with Gasteiger partial charge in [0.2, 0.25) is 5.76 Å². The molecule has 112 valence electrons. The minimum Gasteiger partial charge on any atom is -0.447 e. The number of pyridine rings is 1. The zero-order valence-electron chi connectivity index (χ0n) is 12.5. The van der Waals surface area contributed by atoms with Gasteiger partial charge in [0, 0.05) is 11.9 Å². The molecule has 0 fully saturated rings. The van der Waals surface area contributed by atoms with Gasteiger partial charge in [-0.05, 0) is 35.7 Å². The Bertz CT molecular complexity index is 820. The lowest BCUT2D eigenvalue weighted by atomic mass is 10.0. The Morgan fingerprint density at radius 2 is 1.95 bits per heavy atom. The van der Waals surface area contributed by atoms with Gasteiger partial charge in [0.25, 0.3) is 5.91 Å². The van der Waals surface area contributed by atoms with E-state index in [0.29, 0.717) is 22.7 Å². The summed E-state index contributed by atoms with van der Waals surface area (Å²) in [5, 5.41) is 2.79. The Morgan fingerprint density at radius 1 is 1.23 bits per heavy atom. The van der Waals surface area contributed by atoms with E-state index in [2.05, 4.69) is 24.1 Å². The Labute approximate surface area is 128 Å². The monoisotopic (exact) mass is 295 g/mol. The number of hydrogen-bond donors (Lipinski definition) is 2. The number of nitrogens with two attached hydrogens (primary N) is 1. The number of nitrogens with one attached hydrogen (secondary N) is 1. The highest BCUT2D eigenvalue weighted by atomic mass is 16.3. The fraction of sp³-hybridized carbons (Fsp3) is 0.176. The second-order valence-electron chi connectivity index (χ2n) is 5.43. The van der Waals surface area contributed by atoms with Crippen molar-refractivity contribution >= 4 is 28.4 Å². The molecular weight excluding hydrogens is 278 g/mol. The van der Waals surface area contributed by atoms with E-state index in [1.165, 1.54) is 5.56 Å². The maximum absolute atomic E-state index is 12.3. The van der Waals surface area contributed by atoms with Gasteiger partial charge in [-0.1, -0.05) is 26.0 Å². The molecule has 1 aromatic carbocycles.